The molecule has 1 aliphatic rings. The molecule has 0 bridgehead atoms. The van der Waals surface area contributed by atoms with Gasteiger partial charge in [-0.25, -0.2) is 12.2 Å². The van der Waals surface area contributed by atoms with Crippen molar-refractivity contribution in [2.45, 2.75) is 51.9 Å². The molecule has 0 amide bonds. The summed E-state index contributed by atoms with van der Waals surface area (Å²) in [6.45, 7) is 6.02. The first kappa shape index (κ1) is 16.8. The fourth-order valence-corrected chi connectivity index (χ4v) is 1.12. The van der Waals surface area contributed by atoms with Gasteiger partial charge < -0.3 is 6.92 Å². The number of rotatable bonds is 5. The van der Waals surface area contributed by atoms with E-state index in [0.717, 1.165) is 12.8 Å². The average Bonchev–Trinajstić information content (AvgIpc) is 2.70. The molecule has 0 spiro atoms. The Hall–Kier alpha value is 0.363. The van der Waals surface area contributed by atoms with Crippen molar-refractivity contribution in [2.75, 3.05) is 0 Å². The van der Waals surface area contributed by atoms with E-state index in [1.807, 2.05) is 12.2 Å². The average molecular weight is 270 g/mol. The molecule has 0 aromatic rings. The number of unbranched alkanes of at least 4 members (excludes halogenated alkanes) is 5. The molecule has 1 aliphatic carbocycles. The van der Waals surface area contributed by atoms with E-state index in [1.54, 1.807) is 0 Å². The Kier molecular flexibility index (Phi) is 19.0. The maximum atomic E-state index is 3.78. The Balaban J connectivity index is 0. The van der Waals surface area contributed by atoms with Crippen molar-refractivity contribution in [3.63, 3.8) is 0 Å². The summed E-state index contributed by atoms with van der Waals surface area (Å²) in [5.41, 5.74) is 0. The summed E-state index contributed by atoms with van der Waals surface area (Å²) in [6.07, 6.45) is 18.0. The van der Waals surface area contributed by atoms with Gasteiger partial charge in [0, 0.05) is 0 Å². The van der Waals surface area contributed by atoms with E-state index in [2.05, 4.69) is 26.0 Å². The van der Waals surface area contributed by atoms with Crippen LogP contribution in [0.1, 0.15) is 51.9 Å². The summed E-state index contributed by atoms with van der Waals surface area (Å²) in [4.78, 5) is 0. The number of allylic oxidation sites excluding steroid dienone is 4. The Morgan fingerprint density at radius 2 is 1.93 bits per heavy atom. The van der Waals surface area contributed by atoms with Crippen LogP contribution in [-0.2, 0) is 26.2 Å². The zero-order chi connectivity index (χ0) is 9.78. The van der Waals surface area contributed by atoms with Crippen molar-refractivity contribution in [1.82, 2.24) is 0 Å². The zero-order valence-electron chi connectivity index (χ0n) is 9.39. The SMILES string of the molecule is [C-]1=CC=CC1.[CH2-]CCCCCCC.[Zr+2]. The second kappa shape index (κ2) is 15.8. The monoisotopic (exact) mass is 268 g/mol. The predicted molar refractivity (Wildman–Crippen MR) is 60.3 cm³/mol. The van der Waals surface area contributed by atoms with E-state index in [-0.39, 0.29) is 26.2 Å². The van der Waals surface area contributed by atoms with Crippen LogP contribution in [0.2, 0.25) is 0 Å². The Bertz CT molecular complexity index is 120. The minimum Gasteiger partial charge on any atom is -0.343 e. The fourth-order valence-electron chi connectivity index (χ4n) is 1.12. The number of hydrogen-bond donors (Lipinski definition) is 0. The predicted octanol–water partition coefficient (Wildman–Crippen LogP) is 4.48. The van der Waals surface area contributed by atoms with Crippen molar-refractivity contribution in [1.29, 1.82) is 0 Å². The van der Waals surface area contributed by atoms with E-state index in [9.17, 15) is 0 Å². The van der Waals surface area contributed by atoms with Crippen LogP contribution in [0.5, 0.6) is 0 Å². The smallest absolute Gasteiger partial charge is 0.343 e. The zero-order valence-corrected chi connectivity index (χ0v) is 11.8. The summed E-state index contributed by atoms with van der Waals surface area (Å²) in [7, 11) is 0. The first-order chi connectivity index (χ1) is 6.41. The van der Waals surface area contributed by atoms with Gasteiger partial charge in [-0.15, -0.1) is 6.42 Å². The van der Waals surface area contributed by atoms with Gasteiger partial charge in [0.1, 0.15) is 0 Å². The molecule has 1 rings (SSSR count). The summed E-state index contributed by atoms with van der Waals surface area (Å²) >= 11 is 0. The Labute approximate surface area is 109 Å². The van der Waals surface area contributed by atoms with E-state index >= 15 is 0 Å². The van der Waals surface area contributed by atoms with Crippen molar-refractivity contribution in [3.05, 3.63) is 31.2 Å². The Morgan fingerprint density at radius 1 is 1.21 bits per heavy atom. The maximum absolute atomic E-state index is 3.78. The quantitative estimate of drug-likeness (QED) is 0.510. The van der Waals surface area contributed by atoms with Crippen LogP contribution in [0.4, 0.5) is 0 Å². The molecule has 0 aromatic heterocycles. The molecule has 0 heterocycles. The molecule has 0 radical (unpaired) electrons. The molecule has 14 heavy (non-hydrogen) atoms. The van der Waals surface area contributed by atoms with Gasteiger partial charge in [0.2, 0.25) is 0 Å². The van der Waals surface area contributed by atoms with Crippen molar-refractivity contribution in [3.8, 4) is 0 Å². The first-order valence-corrected chi connectivity index (χ1v) is 5.42. The van der Waals surface area contributed by atoms with Gasteiger partial charge >= 0.3 is 26.2 Å². The minimum absolute atomic E-state index is 0. The van der Waals surface area contributed by atoms with Crippen molar-refractivity contribution < 1.29 is 26.2 Å². The molecule has 0 N–H and O–H groups in total. The van der Waals surface area contributed by atoms with Crippen LogP contribution < -0.4 is 0 Å². The maximum Gasteiger partial charge on any atom is 2.00 e. The fraction of sp³-hybridized carbons (Fsp3) is 0.615. The van der Waals surface area contributed by atoms with Gasteiger partial charge in [-0.1, -0.05) is 39.0 Å². The third-order valence-electron chi connectivity index (χ3n) is 1.94. The van der Waals surface area contributed by atoms with Gasteiger partial charge in [-0.2, -0.15) is 12.5 Å². The molecule has 0 atom stereocenters. The summed E-state index contributed by atoms with van der Waals surface area (Å²) in [6, 6.07) is 0. The van der Waals surface area contributed by atoms with Crippen LogP contribution in [0.25, 0.3) is 0 Å². The summed E-state index contributed by atoms with van der Waals surface area (Å²) in [5.74, 6) is 0. The van der Waals surface area contributed by atoms with Crippen LogP contribution in [0.3, 0.4) is 0 Å². The van der Waals surface area contributed by atoms with Gasteiger partial charge in [0.15, 0.2) is 0 Å². The third kappa shape index (κ3) is 14.9. The largest absolute Gasteiger partial charge is 2.00 e. The summed E-state index contributed by atoms with van der Waals surface area (Å²) < 4.78 is 0. The van der Waals surface area contributed by atoms with Gasteiger partial charge in [-0.3, -0.25) is 6.08 Å². The van der Waals surface area contributed by atoms with Crippen molar-refractivity contribution in [2.24, 2.45) is 0 Å². The van der Waals surface area contributed by atoms with E-state index in [4.69, 9.17) is 0 Å². The van der Waals surface area contributed by atoms with Crippen LogP contribution in [0, 0.1) is 13.0 Å². The molecule has 1 heteroatoms. The Morgan fingerprint density at radius 3 is 2.29 bits per heavy atom. The molecule has 0 unspecified atom stereocenters. The molecule has 0 fully saturated rings. The van der Waals surface area contributed by atoms with Gasteiger partial charge in [-0.05, 0) is 0 Å². The molecular weight excluding hydrogens is 247 g/mol. The van der Waals surface area contributed by atoms with Gasteiger partial charge in [0.25, 0.3) is 0 Å². The molecule has 0 nitrogen and oxygen atoms in total. The standard InChI is InChI=1S/C8H17.C5H5.Zr/c1-3-5-7-8-6-4-2;1-2-4-5-3-1;/h1,3-8H2,2H3;1-3H,4H2;/q2*-1;+2. The first-order valence-electron chi connectivity index (χ1n) is 5.42. The molecule has 78 valence electrons. The van der Waals surface area contributed by atoms with Gasteiger partial charge in [0.05, 0.1) is 0 Å². The second-order valence-electron chi connectivity index (χ2n) is 3.27. The van der Waals surface area contributed by atoms with E-state index < -0.39 is 0 Å². The summed E-state index contributed by atoms with van der Waals surface area (Å²) in [5, 5.41) is 0. The number of hydrogen-bond acceptors (Lipinski definition) is 0. The van der Waals surface area contributed by atoms with E-state index in [0.29, 0.717) is 0 Å². The van der Waals surface area contributed by atoms with Crippen molar-refractivity contribution >= 4 is 0 Å². The van der Waals surface area contributed by atoms with Crippen LogP contribution in [-0.4, -0.2) is 0 Å². The topological polar surface area (TPSA) is 0 Å². The molecule has 0 aliphatic heterocycles. The second-order valence-corrected chi connectivity index (χ2v) is 3.27. The van der Waals surface area contributed by atoms with Crippen LogP contribution >= 0.6 is 0 Å². The molecular formula is C13H22Zr. The van der Waals surface area contributed by atoms with E-state index in [1.165, 1.54) is 32.1 Å². The van der Waals surface area contributed by atoms with Crippen LogP contribution in [0.15, 0.2) is 18.2 Å². The molecule has 0 aromatic carbocycles. The molecule has 0 saturated carbocycles. The minimum atomic E-state index is 0. The third-order valence-corrected chi connectivity index (χ3v) is 1.94. The normalized spacial score (nSPS) is 11.9. The molecule has 0 saturated heterocycles.